The van der Waals surface area contributed by atoms with E-state index in [0.29, 0.717) is 13.1 Å². The Morgan fingerprint density at radius 2 is 2.07 bits per heavy atom. The fraction of sp³-hybridized carbons (Fsp3) is 0.429. The predicted octanol–water partition coefficient (Wildman–Crippen LogP) is 2.89. The molecule has 1 atom stereocenters. The van der Waals surface area contributed by atoms with Crippen LogP contribution in [-0.4, -0.2) is 44.8 Å². The van der Waals surface area contributed by atoms with Gasteiger partial charge in [-0.2, -0.15) is 5.26 Å². The molecule has 146 valence electrons. The first-order valence-electron chi connectivity index (χ1n) is 9.49. The smallest absolute Gasteiger partial charge is 0.219 e. The molecule has 1 saturated heterocycles. The van der Waals surface area contributed by atoms with Crippen LogP contribution in [0.5, 0.6) is 0 Å². The fourth-order valence-corrected chi connectivity index (χ4v) is 3.73. The van der Waals surface area contributed by atoms with Gasteiger partial charge in [-0.3, -0.25) is 9.69 Å². The van der Waals surface area contributed by atoms with E-state index >= 15 is 0 Å². The van der Waals surface area contributed by atoms with Gasteiger partial charge in [0.2, 0.25) is 5.91 Å². The maximum absolute atomic E-state index is 13.5. The lowest BCUT2D eigenvalue weighted by Crippen LogP contribution is -2.39. The van der Waals surface area contributed by atoms with Crippen molar-refractivity contribution in [2.24, 2.45) is 0 Å². The number of aromatic nitrogens is 2. The van der Waals surface area contributed by atoms with Crippen LogP contribution >= 0.6 is 0 Å². The number of rotatable bonds is 5. The summed E-state index contributed by atoms with van der Waals surface area (Å²) in [4.78, 5) is 24.5. The van der Waals surface area contributed by atoms with E-state index in [-0.39, 0.29) is 17.5 Å². The number of amides is 1. The van der Waals surface area contributed by atoms with E-state index in [0.717, 1.165) is 43.5 Å². The summed E-state index contributed by atoms with van der Waals surface area (Å²) in [6.45, 7) is 4.56. The molecule has 1 amide bonds. The van der Waals surface area contributed by atoms with Crippen LogP contribution in [0.3, 0.4) is 0 Å². The van der Waals surface area contributed by atoms with E-state index in [1.54, 1.807) is 31.5 Å². The molecule has 0 saturated carbocycles. The van der Waals surface area contributed by atoms with Crippen molar-refractivity contribution in [3.05, 3.63) is 59.4 Å². The van der Waals surface area contributed by atoms with Crippen molar-refractivity contribution in [2.75, 3.05) is 13.1 Å². The van der Waals surface area contributed by atoms with E-state index < -0.39 is 5.82 Å². The fourth-order valence-electron chi connectivity index (χ4n) is 3.73. The number of halogens is 1. The Kier molecular flexibility index (Phi) is 6.66. The Labute approximate surface area is 164 Å². The Hall–Kier alpha value is -2.85. The molecule has 1 aromatic carbocycles. The van der Waals surface area contributed by atoms with Crippen LogP contribution < -0.4 is 0 Å². The second-order valence-corrected chi connectivity index (χ2v) is 7.18. The van der Waals surface area contributed by atoms with Crippen LogP contribution in [0.25, 0.3) is 0 Å². The first-order valence-corrected chi connectivity index (χ1v) is 9.49. The van der Waals surface area contributed by atoms with Gasteiger partial charge in [0.15, 0.2) is 0 Å². The van der Waals surface area contributed by atoms with Crippen molar-refractivity contribution in [3.63, 3.8) is 0 Å². The SMILES string of the molecule is CC(=O)N(Cc1cncnc1)C1CCCN(Cc2ccc(F)c(C#N)c2)CC1. The average Bonchev–Trinajstić information content (AvgIpc) is 2.93. The van der Waals surface area contributed by atoms with Gasteiger partial charge in [0, 0.05) is 50.6 Å². The number of likely N-dealkylation sites (tertiary alicyclic amines) is 1. The number of benzene rings is 1. The van der Waals surface area contributed by atoms with Gasteiger partial charge >= 0.3 is 0 Å². The van der Waals surface area contributed by atoms with E-state index in [1.807, 2.05) is 11.0 Å². The van der Waals surface area contributed by atoms with Crippen LogP contribution in [-0.2, 0) is 17.9 Å². The number of carbonyl (C=O) groups is 1. The van der Waals surface area contributed by atoms with Crippen molar-refractivity contribution >= 4 is 5.91 Å². The van der Waals surface area contributed by atoms with Gasteiger partial charge in [-0.25, -0.2) is 14.4 Å². The normalized spacial score (nSPS) is 17.5. The van der Waals surface area contributed by atoms with Crippen molar-refractivity contribution in [1.29, 1.82) is 5.26 Å². The largest absolute Gasteiger partial charge is 0.335 e. The van der Waals surface area contributed by atoms with Crippen molar-refractivity contribution in [1.82, 2.24) is 19.8 Å². The Morgan fingerprint density at radius 3 is 2.79 bits per heavy atom. The summed E-state index contributed by atoms with van der Waals surface area (Å²) in [6, 6.07) is 6.77. The highest BCUT2D eigenvalue weighted by molar-refractivity contribution is 5.73. The van der Waals surface area contributed by atoms with Gasteiger partial charge in [0.25, 0.3) is 0 Å². The third kappa shape index (κ3) is 5.11. The monoisotopic (exact) mass is 381 g/mol. The lowest BCUT2D eigenvalue weighted by atomic mass is 10.1. The first-order chi connectivity index (χ1) is 13.6. The van der Waals surface area contributed by atoms with Crippen molar-refractivity contribution < 1.29 is 9.18 Å². The highest BCUT2D eigenvalue weighted by Gasteiger charge is 2.25. The van der Waals surface area contributed by atoms with Crippen LogP contribution in [0.1, 0.15) is 42.9 Å². The number of nitriles is 1. The molecule has 1 unspecified atom stereocenters. The molecule has 0 spiro atoms. The number of hydrogen-bond acceptors (Lipinski definition) is 5. The highest BCUT2D eigenvalue weighted by atomic mass is 19.1. The summed E-state index contributed by atoms with van der Waals surface area (Å²) >= 11 is 0. The average molecular weight is 381 g/mol. The molecule has 0 N–H and O–H groups in total. The van der Waals surface area contributed by atoms with Gasteiger partial charge in [-0.05, 0) is 43.5 Å². The number of carbonyl (C=O) groups excluding carboxylic acids is 1. The second kappa shape index (κ2) is 9.38. The lowest BCUT2D eigenvalue weighted by molar-refractivity contribution is -0.132. The second-order valence-electron chi connectivity index (χ2n) is 7.18. The molecule has 1 aliphatic rings. The minimum Gasteiger partial charge on any atom is -0.335 e. The van der Waals surface area contributed by atoms with E-state index in [9.17, 15) is 9.18 Å². The van der Waals surface area contributed by atoms with Crippen LogP contribution in [0.4, 0.5) is 4.39 Å². The molecule has 0 aliphatic carbocycles. The van der Waals surface area contributed by atoms with E-state index in [2.05, 4.69) is 14.9 Å². The summed E-state index contributed by atoms with van der Waals surface area (Å²) in [6.07, 6.45) is 7.76. The van der Waals surface area contributed by atoms with Crippen LogP contribution in [0, 0.1) is 17.1 Å². The third-order valence-electron chi connectivity index (χ3n) is 5.16. The minimum atomic E-state index is -0.482. The molecular formula is C21H24FN5O. The minimum absolute atomic E-state index is 0.0551. The van der Waals surface area contributed by atoms with Crippen molar-refractivity contribution in [3.8, 4) is 6.07 Å². The van der Waals surface area contributed by atoms with E-state index in [1.165, 1.54) is 12.4 Å². The topological polar surface area (TPSA) is 73.1 Å². The number of hydrogen-bond donors (Lipinski definition) is 0. The molecule has 6 nitrogen and oxygen atoms in total. The molecule has 1 aromatic heterocycles. The van der Waals surface area contributed by atoms with Crippen molar-refractivity contribution in [2.45, 2.75) is 45.3 Å². The zero-order chi connectivity index (χ0) is 19.9. The lowest BCUT2D eigenvalue weighted by Gasteiger charge is -2.30. The number of nitrogens with zero attached hydrogens (tertiary/aromatic N) is 5. The molecule has 0 radical (unpaired) electrons. The molecule has 28 heavy (non-hydrogen) atoms. The summed E-state index contributed by atoms with van der Waals surface area (Å²) in [5, 5.41) is 9.01. The van der Waals surface area contributed by atoms with Crippen LogP contribution in [0.15, 0.2) is 36.9 Å². The maximum atomic E-state index is 13.5. The summed E-state index contributed by atoms with van der Waals surface area (Å²) in [7, 11) is 0. The molecule has 2 aromatic rings. The highest BCUT2D eigenvalue weighted by Crippen LogP contribution is 2.21. The molecular weight excluding hydrogens is 357 g/mol. The van der Waals surface area contributed by atoms with Gasteiger partial charge in [-0.1, -0.05) is 6.07 Å². The van der Waals surface area contributed by atoms with Gasteiger partial charge in [0.05, 0.1) is 5.56 Å². The summed E-state index contributed by atoms with van der Waals surface area (Å²) in [5.41, 5.74) is 1.94. The zero-order valence-corrected chi connectivity index (χ0v) is 16.0. The van der Waals surface area contributed by atoms with Gasteiger partial charge in [-0.15, -0.1) is 0 Å². The maximum Gasteiger partial charge on any atom is 0.219 e. The summed E-state index contributed by atoms with van der Waals surface area (Å²) < 4.78 is 13.5. The van der Waals surface area contributed by atoms with Gasteiger partial charge < -0.3 is 4.90 Å². The molecule has 7 heteroatoms. The molecule has 2 heterocycles. The van der Waals surface area contributed by atoms with Gasteiger partial charge in [0.1, 0.15) is 18.2 Å². The standard InChI is InChI=1S/C21H24FN5O/c1-16(28)27(14-18-11-24-15-25-12-18)20-3-2-7-26(8-6-20)13-17-4-5-21(22)19(9-17)10-23/h4-5,9,11-12,15,20H,2-3,6-8,13-14H2,1H3. The van der Waals surface area contributed by atoms with Crippen LogP contribution in [0.2, 0.25) is 0 Å². The Morgan fingerprint density at radius 1 is 1.29 bits per heavy atom. The molecule has 3 rings (SSSR count). The Bertz CT molecular complexity index is 852. The molecule has 0 bridgehead atoms. The molecule has 1 aliphatic heterocycles. The third-order valence-corrected chi connectivity index (χ3v) is 5.16. The zero-order valence-electron chi connectivity index (χ0n) is 16.0. The Balaban J connectivity index is 1.63. The quantitative estimate of drug-likeness (QED) is 0.796. The van der Waals surface area contributed by atoms with E-state index in [4.69, 9.17) is 5.26 Å². The molecule has 1 fully saturated rings. The first kappa shape index (κ1) is 19.9. The predicted molar refractivity (Wildman–Crippen MR) is 102 cm³/mol. The summed E-state index contributed by atoms with van der Waals surface area (Å²) in [5.74, 6) is -0.427.